The highest BCUT2D eigenvalue weighted by molar-refractivity contribution is 6.22. The van der Waals surface area contributed by atoms with Crippen LogP contribution in [-0.4, -0.2) is 21.4 Å². The summed E-state index contributed by atoms with van der Waals surface area (Å²) in [6.07, 6.45) is 0.370. The van der Waals surface area contributed by atoms with Crippen LogP contribution in [0.25, 0.3) is 0 Å². The average molecular weight is 170 g/mol. The number of aliphatic carboxylic acids is 1. The van der Waals surface area contributed by atoms with E-state index in [9.17, 15) is 0 Å². The fourth-order valence-corrected chi connectivity index (χ4v) is 0. The van der Waals surface area contributed by atoms with Gasteiger partial charge >= 0.3 is 0 Å². The van der Waals surface area contributed by atoms with Gasteiger partial charge in [0.1, 0.15) is 0 Å². The monoisotopic (exact) mass is 169 g/mol. The molecule has 0 aliphatic rings. The zero-order valence-corrected chi connectivity index (χ0v) is 6.72. The average Bonchev–Trinajstić information content (AvgIpc) is 1.63. The van der Waals surface area contributed by atoms with Gasteiger partial charge in [-0.05, 0) is 0 Å². The zero-order valence-electron chi connectivity index (χ0n) is 5.97. The molecule has 0 rings (SSSR count). The molecular formula is C5H12ClNO3. The summed E-state index contributed by atoms with van der Waals surface area (Å²) < 4.78 is 0. The molecule has 0 aliphatic carbocycles. The van der Waals surface area contributed by atoms with Crippen LogP contribution in [0.5, 0.6) is 0 Å². The van der Waals surface area contributed by atoms with E-state index in [2.05, 4.69) is 0 Å². The van der Waals surface area contributed by atoms with E-state index < -0.39 is 11.2 Å². The molecule has 4 N–H and O–H groups in total. The van der Waals surface area contributed by atoms with Gasteiger partial charge in [-0.15, -0.1) is 0 Å². The maximum Gasteiger partial charge on any atom is 0.300 e. The molecule has 10 heavy (non-hydrogen) atoms. The third kappa shape index (κ3) is 47.7. The second-order valence-corrected chi connectivity index (χ2v) is 2.35. The number of halogens is 1. The van der Waals surface area contributed by atoms with E-state index in [0.717, 1.165) is 6.92 Å². The number of alkyl halides is 1. The van der Waals surface area contributed by atoms with Gasteiger partial charge in [-0.3, -0.25) is 10.5 Å². The predicted molar refractivity (Wildman–Crippen MR) is 38.6 cm³/mol. The van der Waals surface area contributed by atoms with Crippen LogP contribution in [0.3, 0.4) is 0 Å². The highest BCUT2D eigenvalue weighted by atomic mass is 35.5. The Morgan fingerprint density at radius 3 is 1.90 bits per heavy atom. The van der Waals surface area contributed by atoms with Crippen LogP contribution in [0.4, 0.5) is 0 Å². The largest absolute Gasteiger partial charge is 0.481 e. The summed E-state index contributed by atoms with van der Waals surface area (Å²) in [5.41, 5.74) is 4.86. The predicted octanol–water partition coefficient (Wildman–Crippen LogP) is 0.331. The van der Waals surface area contributed by atoms with Gasteiger partial charge in [0, 0.05) is 13.3 Å². The number of carboxylic acids is 1. The topological polar surface area (TPSA) is 83.5 Å². The molecule has 62 valence electrons. The number of aliphatic hydroxyl groups is 1. The lowest BCUT2D eigenvalue weighted by atomic mass is 10.4. The Morgan fingerprint density at radius 2 is 1.90 bits per heavy atom. The maximum absolute atomic E-state index is 9.00. The van der Waals surface area contributed by atoms with Crippen molar-refractivity contribution < 1.29 is 15.0 Å². The summed E-state index contributed by atoms with van der Waals surface area (Å²) in [5, 5.41) is 14.3. The van der Waals surface area contributed by atoms with E-state index in [0.29, 0.717) is 6.42 Å². The highest BCUT2D eigenvalue weighted by Crippen LogP contribution is 2.04. The van der Waals surface area contributed by atoms with Crippen LogP contribution in [0.15, 0.2) is 0 Å². The first kappa shape index (κ1) is 12.4. The number of rotatable bonds is 1. The van der Waals surface area contributed by atoms with Crippen LogP contribution < -0.4 is 5.73 Å². The molecule has 4 nitrogen and oxygen atoms in total. The molecule has 0 aliphatic heterocycles. The van der Waals surface area contributed by atoms with Gasteiger partial charge in [0.15, 0.2) is 5.18 Å². The Labute approximate surface area is 64.6 Å². The van der Waals surface area contributed by atoms with Gasteiger partial charge in [0.05, 0.1) is 0 Å². The van der Waals surface area contributed by atoms with E-state index in [1.54, 1.807) is 6.92 Å². The fraction of sp³-hybridized carbons (Fsp3) is 0.800. The summed E-state index contributed by atoms with van der Waals surface area (Å²) in [7, 11) is 0. The lowest BCUT2D eigenvalue weighted by Gasteiger charge is -2.08. The van der Waals surface area contributed by atoms with Gasteiger partial charge in [-0.2, -0.15) is 0 Å². The quantitative estimate of drug-likeness (QED) is 0.300. The van der Waals surface area contributed by atoms with E-state index in [1.165, 1.54) is 0 Å². The Hall–Kier alpha value is -0.320. The van der Waals surface area contributed by atoms with E-state index in [1.807, 2.05) is 0 Å². The lowest BCUT2D eigenvalue weighted by Crippen LogP contribution is -2.30. The lowest BCUT2D eigenvalue weighted by molar-refractivity contribution is -0.134. The molecule has 0 heterocycles. The molecule has 0 saturated heterocycles. The third-order valence-electron chi connectivity index (χ3n) is 0.496. The minimum Gasteiger partial charge on any atom is -0.481 e. The summed E-state index contributed by atoms with van der Waals surface area (Å²) in [6, 6.07) is 0. The number of nitrogens with two attached hydrogens (primary N) is 1. The van der Waals surface area contributed by atoms with Gasteiger partial charge in [-0.25, -0.2) is 0 Å². The molecule has 0 aromatic heterocycles. The molecule has 0 fully saturated rings. The smallest absolute Gasteiger partial charge is 0.300 e. The molecule has 0 bridgehead atoms. The van der Waals surface area contributed by atoms with Crippen molar-refractivity contribution in [2.45, 2.75) is 25.5 Å². The number of hydrogen-bond donors (Lipinski definition) is 3. The van der Waals surface area contributed by atoms with Crippen LogP contribution in [-0.2, 0) is 4.79 Å². The summed E-state index contributed by atoms with van der Waals surface area (Å²) in [5.74, 6) is -0.833. The van der Waals surface area contributed by atoms with Crippen molar-refractivity contribution in [3.8, 4) is 0 Å². The minimum atomic E-state index is -1.49. The van der Waals surface area contributed by atoms with Crippen LogP contribution in [0.1, 0.15) is 20.3 Å². The Kier molecular flexibility index (Phi) is 6.76. The Balaban J connectivity index is 0. The van der Waals surface area contributed by atoms with Crippen molar-refractivity contribution in [1.29, 1.82) is 0 Å². The van der Waals surface area contributed by atoms with Crippen LogP contribution in [0, 0.1) is 0 Å². The number of hydrogen-bond acceptors (Lipinski definition) is 3. The van der Waals surface area contributed by atoms with Gasteiger partial charge in [0.2, 0.25) is 0 Å². The molecule has 0 saturated carbocycles. The first-order chi connectivity index (χ1) is 4.29. The molecule has 0 aromatic carbocycles. The van der Waals surface area contributed by atoms with Gasteiger partial charge < -0.3 is 10.2 Å². The summed E-state index contributed by atoms with van der Waals surface area (Å²) in [4.78, 5) is 9.00. The van der Waals surface area contributed by atoms with Crippen LogP contribution >= 0.6 is 11.6 Å². The van der Waals surface area contributed by atoms with Crippen molar-refractivity contribution in [3.05, 3.63) is 0 Å². The van der Waals surface area contributed by atoms with Crippen molar-refractivity contribution in [3.63, 3.8) is 0 Å². The maximum atomic E-state index is 9.00. The third-order valence-corrected chi connectivity index (χ3v) is 0.763. The van der Waals surface area contributed by atoms with Crippen molar-refractivity contribution in [1.82, 2.24) is 0 Å². The summed E-state index contributed by atoms with van der Waals surface area (Å²) in [6.45, 7) is 2.78. The summed E-state index contributed by atoms with van der Waals surface area (Å²) >= 11 is 5.05. The SMILES string of the molecule is CC(=O)O.CCC(N)(O)Cl. The standard InChI is InChI=1S/C3H8ClNO.C2H4O2/c1-2-3(4,5)6;1-2(3)4/h6H,2,5H2,1H3;1H3,(H,3,4). The van der Waals surface area contributed by atoms with Gasteiger partial charge in [-0.1, -0.05) is 18.5 Å². The molecule has 0 aromatic rings. The number of carbonyl (C=O) groups is 1. The van der Waals surface area contributed by atoms with Crippen molar-refractivity contribution in [2.75, 3.05) is 0 Å². The highest BCUT2D eigenvalue weighted by Gasteiger charge is 2.10. The molecule has 0 amide bonds. The normalized spacial score (nSPS) is 14.5. The molecule has 5 heteroatoms. The first-order valence-corrected chi connectivity index (χ1v) is 3.07. The van der Waals surface area contributed by atoms with Crippen LogP contribution in [0.2, 0.25) is 0 Å². The molecule has 0 radical (unpaired) electrons. The van der Waals surface area contributed by atoms with Crippen molar-refractivity contribution in [2.24, 2.45) is 5.73 Å². The molecule has 0 spiro atoms. The van der Waals surface area contributed by atoms with Gasteiger partial charge in [0.25, 0.3) is 5.97 Å². The second kappa shape index (κ2) is 5.46. The fourth-order valence-electron chi connectivity index (χ4n) is 0. The molecule has 1 atom stereocenters. The molecular weight excluding hydrogens is 158 g/mol. The second-order valence-electron chi connectivity index (χ2n) is 1.69. The van der Waals surface area contributed by atoms with E-state index in [4.69, 9.17) is 32.3 Å². The van der Waals surface area contributed by atoms with E-state index in [-0.39, 0.29) is 0 Å². The van der Waals surface area contributed by atoms with E-state index >= 15 is 0 Å². The first-order valence-electron chi connectivity index (χ1n) is 2.69. The zero-order chi connectivity index (χ0) is 8.78. The number of carboxylic acid groups (broad SMARTS) is 1. The minimum absolute atomic E-state index is 0.370. The Morgan fingerprint density at radius 1 is 1.80 bits per heavy atom. The molecule has 1 unspecified atom stereocenters. The van der Waals surface area contributed by atoms with Crippen molar-refractivity contribution >= 4 is 17.6 Å². The Bertz CT molecular complexity index is 95.6.